The van der Waals surface area contributed by atoms with Crippen molar-refractivity contribution in [3.8, 4) is 22.8 Å². The maximum Gasteiger partial charge on any atom is 0.161 e. The summed E-state index contributed by atoms with van der Waals surface area (Å²) in [6, 6.07) is 12.5. The molecule has 0 fully saturated rings. The van der Waals surface area contributed by atoms with Crippen LogP contribution in [0, 0.1) is 0 Å². The number of nitrogens with one attached hydrogen (secondary N) is 2. The van der Waals surface area contributed by atoms with Crippen molar-refractivity contribution < 1.29 is 0 Å². The summed E-state index contributed by atoms with van der Waals surface area (Å²) < 4.78 is 2.30. The van der Waals surface area contributed by atoms with Gasteiger partial charge >= 0.3 is 0 Å². The van der Waals surface area contributed by atoms with Gasteiger partial charge in [-0.1, -0.05) is 44.2 Å². The number of hydrogen-bond donors (Lipinski definition) is 2. The third kappa shape index (κ3) is 2.47. The second kappa shape index (κ2) is 5.66. The van der Waals surface area contributed by atoms with Crippen molar-refractivity contribution >= 4 is 0 Å². The van der Waals surface area contributed by atoms with Gasteiger partial charge in [0.15, 0.2) is 5.82 Å². The largest absolute Gasteiger partial charge is 0.324 e. The lowest BCUT2D eigenvalue weighted by atomic mass is 10.1. The Morgan fingerprint density at radius 2 is 2.00 bits per heavy atom. The van der Waals surface area contributed by atoms with E-state index in [4.69, 9.17) is 4.98 Å². The summed E-state index contributed by atoms with van der Waals surface area (Å²) in [5.74, 6) is 1.39. The van der Waals surface area contributed by atoms with E-state index in [1.54, 1.807) is 0 Å². The number of aromatic amines is 1. The highest BCUT2D eigenvalue weighted by atomic mass is 15.2. The summed E-state index contributed by atoms with van der Waals surface area (Å²) in [5.41, 5.74) is 5.53. The molecular formula is C18H21N5. The van der Waals surface area contributed by atoms with Gasteiger partial charge in [-0.3, -0.25) is 5.10 Å². The third-order valence-corrected chi connectivity index (χ3v) is 4.37. The van der Waals surface area contributed by atoms with Gasteiger partial charge in [0.05, 0.1) is 11.4 Å². The van der Waals surface area contributed by atoms with E-state index in [9.17, 15) is 0 Å². The Hall–Kier alpha value is -2.40. The number of aromatic nitrogens is 4. The van der Waals surface area contributed by atoms with E-state index in [0.29, 0.717) is 5.92 Å². The van der Waals surface area contributed by atoms with Crippen LogP contribution in [0.15, 0.2) is 36.4 Å². The van der Waals surface area contributed by atoms with Crippen LogP contribution in [0.2, 0.25) is 0 Å². The smallest absolute Gasteiger partial charge is 0.161 e. The summed E-state index contributed by atoms with van der Waals surface area (Å²) >= 11 is 0. The second-order valence-corrected chi connectivity index (χ2v) is 6.29. The maximum atomic E-state index is 4.95. The Kier molecular flexibility index (Phi) is 3.50. The molecule has 1 aromatic carbocycles. The zero-order valence-electron chi connectivity index (χ0n) is 13.5. The quantitative estimate of drug-likeness (QED) is 0.781. The predicted octanol–water partition coefficient (Wildman–Crippen LogP) is 3.17. The van der Waals surface area contributed by atoms with Crippen LogP contribution in [0.1, 0.15) is 31.2 Å². The molecule has 2 aromatic heterocycles. The van der Waals surface area contributed by atoms with Gasteiger partial charge in [-0.05, 0) is 12.0 Å². The number of benzene rings is 1. The van der Waals surface area contributed by atoms with Gasteiger partial charge in [0.1, 0.15) is 5.69 Å². The summed E-state index contributed by atoms with van der Waals surface area (Å²) in [4.78, 5) is 4.95. The minimum Gasteiger partial charge on any atom is -0.324 e. The average Bonchev–Trinajstić information content (AvgIpc) is 3.20. The van der Waals surface area contributed by atoms with Gasteiger partial charge in [0.2, 0.25) is 0 Å². The van der Waals surface area contributed by atoms with Crippen molar-refractivity contribution in [1.29, 1.82) is 0 Å². The number of hydrogen-bond acceptors (Lipinski definition) is 3. The molecule has 0 aliphatic carbocycles. The fraction of sp³-hybridized carbons (Fsp3) is 0.333. The molecule has 0 unspecified atom stereocenters. The zero-order chi connectivity index (χ0) is 15.8. The van der Waals surface area contributed by atoms with Crippen molar-refractivity contribution in [3.05, 3.63) is 47.8 Å². The van der Waals surface area contributed by atoms with Crippen LogP contribution < -0.4 is 5.32 Å². The molecule has 1 aliphatic rings. The fourth-order valence-corrected chi connectivity index (χ4v) is 3.07. The first-order valence-electron chi connectivity index (χ1n) is 8.15. The van der Waals surface area contributed by atoms with Crippen LogP contribution in [0.3, 0.4) is 0 Å². The van der Waals surface area contributed by atoms with E-state index in [0.717, 1.165) is 48.1 Å². The topological polar surface area (TPSA) is 58.5 Å². The Morgan fingerprint density at radius 1 is 1.17 bits per heavy atom. The van der Waals surface area contributed by atoms with Crippen molar-refractivity contribution in [3.63, 3.8) is 0 Å². The highest BCUT2D eigenvalue weighted by Gasteiger charge is 2.23. The van der Waals surface area contributed by atoms with Gasteiger partial charge in [0, 0.05) is 30.9 Å². The van der Waals surface area contributed by atoms with Crippen LogP contribution in [0.4, 0.5) is 0 Å². The van der Waals surface area contributed by atoms with E-state index >= 15 is 0 Å². The lowest BCUT2D eigenvalue weighted by Crippen LogP contribution is -2.28. The van der Waals surface area contributed by atoms with Crippen molar-refractivity contribution in [2.45, 2.75) is 32.9 Å². The summed E-state index contributed by atoms with van der Waals surface area (Å²) in [6.07, 6.45) is 0. The SMILES string of the molecule is CC(C)c1cc(-c2nc(-c3ccccc3)c3n2CCNC3)n[nH]1. The molecule has 0 spiro atoms. The van der Waals surface area contributed by atoms with Gasteiger partial charge in [0.25, 0.3) is 0 Å². The van der Waals surface area contributed by atoms with Gasteiger partial charge in [-0.15, -0.1) is 0 Å². The molecular weight excluding hydrogens is 286 g/mol. The third-order valence-electron chi connectivity index (χ3n) is 4.37. The molecule has 0 bridgehead atoms. The Labute approximate surface area is 135 Å². The van der Waals surface area contributed by atoms with Gasteiger partial charge in [-0.2, -0.15) is 5.10 Å². The first-order valence-corrected chi connectivity index (χ1v) is 8.15. The average molecular weight is 307 g/mol. The lowest BCUT2D eigenvalue weighted by molar-refractivity contribution is 0.520. The Balaban J connectivity index is 1.85. The standard InChI is InChI=1S/C18H21N5/c1-12(2)14-10-15(22-21-14)18-20-17(13-6-4-3-5-7-13)16-11-19-8-9-23(16)18/h3-7,10,12,19H,8-9,11H2,1-2H3,(H,21,22). The van der Waals surface area contributed by atoms with Crippen molar-refractivity contribution in [1.82, 2.24) is 25.1 Å². The predicted molar refractivity (Wildman–Crippen MR) is 91.0 cm³/mol. The van der Waals surface area contributed by atoms with E-state index in [1.165, 1.54) is 5.69 Å². The zero-order valence-corrected chi connectivity index (χ0v) is 13.5. The minimum atomic E-state index is 0.433. The molecule has 0 radical (unpaired) electrons. The molecule has 118 valence electrons. The molecule has 0 saturated carbocycles. The van der Waals surface area contributed by atoms with E-state index in [1.807, 2.05) is 6.07 Å². The molecule has 3 heterocycles. The maximum absolute atomic E-state index is 4.95. The van der Waals surface area contributed by atoms with Crippen LogP contribution in [-0.2, 0) is 13.1 Å². The van der Waals surface area contributed by atoms with Crippen LogP contribution in [0.25, 0.3) is 22.8 Å². The number of rotatable bonds is 3. The van der Waals surface area contributed by atoms with Crippen LogP contribution in [-0.4, -0.2) is 26.3 Å². The van der Waals surface area contributed by atoms with Crippen LogP contribution in [0.5, 0.6) is 0 Å². The van der Waals surface area contributed by atoms with E-state index in [-0.39, 0.29) is 0 Å². The molecule has 5 nitrogen and oxygen atoms in total. The summed E-state index contributed by atoms with van der Waals surface area (Å²) in [6.45, 7) is 7.06. The molecule has 3 aromatic rings. The van der Waals surface area contributed by atoms with Crippen LogP contribution >= 0.6 is 0 Å². The summed E-state index contributed by atoms with van der Waals surface area (Å²) in [5, 5.41) is 11.1. The molecule has 2 N–H and O–H groups in total. The number of H-pyrrole nitrogens is 1. The first kappa shape index (κ1) is 14.2. The minimum absolute atomic E-state index is 0.433. The number of nitrogens with zero attached hydrogens (tertiary/aromatic N) is 3. The lowest BCUT2D eigenvalue weighted by Gasteiger charge is -2.18. The molecule has 1 aliphatic heterocycles. The fourth-order valence-electron chi connectivity index (χ4n) is 3.07. The van der Waals surface area contributed by atoms with Crippen molar-refractivity contribution in [2.24, 2.45) is 0 Å². The Bertz CT molecular complexity index is 813. The number of imidazole rings is 1. The molecule has 5 heteroatoms. The van der Waals surface area contributed by atoms with E-state index in [2.05, 4.69) is 64.3 Å². The first-order chi connectivity index (χ1) is 11.2. The molecule has 4 rings (SSSR count). The van der Waals surface area contributed by atoms with E-state index < -0.39 is 0 Å². The van der Waals surface area contributed by atoms with Gasteiger partial charge in [-0.25, -0.2) is 4.98 Å². The Morgan fingerprint density at radius 3 is 2.74 bits per heavy atom. The second-order valence-electron chi connectivity index (χ2n) is 6.29. The molecule has 23 heavy (non-hydrogen) atoms. The normalized spacial score (nSPS) is 14.2. The highest BCUT2D eigenvalue weighted by molar-refractivity contribution is 5.67. The highest BCUT2D eigenvalue weighted by Crippen LogP contribution is 2.30. The van der Waals surface area contributed by atoms with Gasteiger partial charge < -0.3 is 9.88 Å². The molecule has 0 saturated heterocycles. The molecule has 0 amide bonds. The number of fused-ring (bicyclic) bond motifs is 1. The monoisotopic (exact) mass is 307 g/mol. The molecule has 0 atom stereocenters. The summed E-state index contributed by atoms with van der Waals surface area (Å²) in [7, 11) is 0. The van der Waals surface area contributed by atoms with Crippen molar-refractivity contribution in [2.75, 3.05) is 6.54 Å².